The number of benzene rings is 2. The number of nitrogens with zero attached hydrogens (tertiary/aromatic N) is 1. The second-order valence-corrected chi connectivity index (χ2v) is 7.01. The number of hydrogen-bond donors (Lipinski definition) is 1. The van der Waals surface area contributed by atoms with Crippen molar-refractivity contribution in [3.8, 4) is 0 Å². The summed E-state index contributed by atoms with van der Waals surface area (Å²) in [5.74, 6) is 0.618. The average molecular weight is 364 g/mol. The molecule has 3 aromatic rings. The monoisotopic (exact) mass is 364 g/mol. The van der Waals surface area contributed by atoms with Crippen molar-refractivity contribution in [3.05, 3.63) is 69.9 Å². The van der Waals surface area contributed by atoms with Crippen LogP contribution in [0.2, 0.25) is 0 Å². The predicted molar refractivity (Wildman–Crippen MR) is 109 cm³/mol. The minimum absolute atomic E-state index is 0.00195. The lowest BCUT2D eigenvalue weighted by Crippen LogP contribution is -2.36. The van der Waals surface area contributed by atoms with E-state index in [0.717, 1.165) is 29.9 Å². The first-order chi connectivity index (χ1) is 13.1. The van der Waals surface area contributed by atoms with Gasteiger partial charge in [-0.1, -0.05) is 24.3 Å². The van der Waals surface area contributed by atoms with Gasteiger partial charge in [-0.15, -0.1) is 0 Å². The molecule has 5 heteroatoms. The minimum atomic E-state index is -0.00500. The molecule has 1 saturated heterocycles. The fourth-order valence-electron chi connectivity index (χ4n) is 3.55. The molecular formula is C22H24N2O3. The van der Waals surface area contributed by atoms with Crippen LogP contribution in [0.4, 0.5) is 11.6 Å². The van der Waals surface area contributed by atoms with Crippen molar-refractivity contribution >= 4 is 22.5 Å². The summed E-state index contributed by atoms with van der Waals surface area (Å²) < 4.78 is 11.7. The molecule has 4 rings (SSSR count). The van der Waals surface area contributed by atoms with E-state index in [1.54, 1.807) is 6.07 Å². The van der Waals surface area contributed by atoms with Gasteiger partial charge >= 0.3 is 0 Å². The Morgan fingerprint density at radius 3 is 2.56 bits per heavy atom. The molecule has 27 heavy (non-hydrogen) atoms. The molecule has 1 atom stereocenters. The lowest BCUT2D eigenvalue weighted by atomic mass is 10.0. The van der Waals surface area contributed by atoms with Gasteiger partial charge in [-0.3, -0.25) is 4.79 Å². The molecule has 0 amide bonds. The quantitative estimate of drug-likeness (QED) is 0.755. The first kappa shape index (κ1) is 17.6. The fraction of sp³-hybridized carbons (Fsp3) is 0.318. The highest BCUT2D eigenvalue weighted by Crippen LogP contribution is 2.30. The van der Waals surface area contributed by atoms with Crippen LogP contribution in [0.3, 0.4) is 0 Å². The average Bonchev–Trinajstić information content (AvgIpc) is 2.69. The zero-order chi connectivity index (χ0) is 18.8. The Kier molecular flexibility index (Phi) is 4.86. The van der Waals surface area contributed by atoms with Gasteiger partial charge in [0.25, 0.3) is 0 Å². The van der Waals surface area contributed by atoms with Crippen LogP contribution < -0.4 is 15.6 Å². The third-order valence-electron chi connectivity index (χ3n) is 4.93. The molecule has 1 aliphatic rings. The zero-order valence-corrected chi connectivity index (χ0v) is 15.7. The summed E-state index contributed by atoms with van der Waals surface area (Å²) in [6.45, 7) is 6.85. The van der Waals surface area contributed by atoms with Crippen LogP contribution in [-0.4, -0.2) is 26.3 Å². The number of hydrogen-bond acceptors (Lipinski definition) is 5. The van der Waals surface area contributed by atoms with Gasteiger partial charge in [0.2, 0.25) is 0 Å². The summed E-state index contributed by atoms with van der Waals surface area (Å²) in [7, 11) is 0. The zero-order valence-electron chi connectivity index (χ0n) is 15.7. The molecule has 2 aromatic carbocycles. The van der Waals surface area contributed by atoms with Crippen LogP contribution >= 0.6 is 0 Å². The van der Waals surface area contributed by atoms with E-state index in [1.807, 2.05) is 43.3 Å². The maximum atomic E-state index is 12.8. The van der Waals surface area contributed by atoms with Crippen molar-refractivity contribution in [3.63, 3.8) is 0 Å². The topological polar surface area (TPSA) is 54.7 Å². The second-order valence-electron chi connectivity index (χ2n) is 7.01. The number of anilines is 2. The molecule has 1 unspecified atom stereocenters. The molecule has 0 saturated carbocycles. The van der Waals surface area contributed by atoms with Crippen LogP contribution in [0, 0.1) is 6.92 Å². The van der Waals surface area contributed by atoms with Crippen LogP contribution in [0.5, 0.6) is 0 Å². The van der Waals surface area contributed by atoms with Gasteiger partial charge in [-0.25, -0.2) is 0 Å². The second kappa shape index (κ2) is 7.45. The maximum Gasteiger partial charge on any atom is 0.200 e. The van der Waals surface area contributed by atoms with Crippen molar-refractivity contribution in [2.75, 3.05) is 36.5 Å². The SMILES string of the molecule is Cc1cc(C(C)Nc2ccccc2)c2oc(N3CCOCC3)cc(=O)c2c1. The van der Waals surface area contributed by atoms with Crippen molar-refractivity contribution < 1.29 is 9.15 Å². The van der Waals surface area contributed by atoms with Crippen molar-refractivity contribution in [1.29, 1.82) is 0 Å². The lowest BCUT2D eigenvalue weighted by Gasteiger charge is -2.27. The summed E-state index contributed by atoms with van der Waals surface area (Å²) in [5.41, 5.74) is 3.72. The summed E-state index contributed by atoms with van der Waals surface area (Å²) in [4.78, 5) is 14.9. The van der Waals surface area contributed by atoms with Gasteiger partial charge < -0.3 is 19.4 Å². The third kappa shape index (κ3) is 3.69. The predicted octanol–water partition coefficient (Wildman–Crippen LogP) is 4.11. The van der Waals surface area contributed by atoms with Crippen LogP contribution in [-0.2, 0) is 4.74 Å². The Bertz CT molecular complexity index is 992. The first-order valence-electron chi connectivity index (χ1n) is 9.34. The van der Waals surface area contributed by atoms with Crippen molar-refractivity contribution in [1.82, 2.24) is 0 Å². The van der Waals surface area contributed by atoms with Gasteiger partial charge in [0.15, 0.2) is 11.3 Å². The molecule has 1 aliphatic heterocycles. The number of fused-ring (bicyclic) bond motifs is 1. The molecular weight excluding hydrogens is 340 g/mol. The Hall–Kier alpha value is -2.79. The fourth-order valence-corrected chi connectivity index (χ4v) is 3.55. The standard InChI is InChI=1S/C22H24N2O3/c1-15-12-18(16(2)23-17-6-4-3-5-7-17)22-19(13-15)20(25)14-21(27-22)24-8-10-26-11-9-24/h3-7,12-14,16,23H,8-11H2,1-2H3. The van der Waals surface area contributed by atoms with Gasteiger partial charge in [0, 0.05) is 30.4 Å². The largest absolute Gasteiger partial charge is 0.440 e. The summed E-state index contributed by atoms with van der Waals surface area (Å²) >= 11 is 0. The molecule has 0 radical (unpaired) electrons. The number of rotatable bonds is 4. The number of nitrogens with one attached hydrogen (secondary N) is 1. The Morgan fingerprint density at radius 1 is 1.07 bits per heavy atom. The van der Waals surface area contributed by atoms with E-state index >= 15 is 0 Å². The molecule has 1 fully saturated rings. The number of ether oxygens (including phenoxy) is 1. The Balaban J connectivity index is 1.78. The van der Waals surface area contributed by atoms with Crippen molar-refractivity contribution in [2.45, 2.75) is 19.9 Å². The van der Waals surface area contributed by atoms with Crippen LogP contribution in [0.15, 0.2) is 57.7 Å². The minimum Gasteiger partial charge on any atom is -0.440 e. The number of morpholine rings is 1. The Morgan fingerprint density at radius 2 is 1.81 bits per heavy atom. The smallest absolute Gasteiger partial charge is 0.200 e. The molecule has 1 aromatic heterocycles. The Labute approximate surface area is 158 Å². The van der Waals surface area contributed by atoms with Crippen molar-refractivity contribution in [2.24, 2.45) is 0 Å². The highest BCUT2D eigenvalue weighted by Gasteiger charge is 2.19. The molecule has 5 nitrogen and oxygen atoms in total. The van der Waals surface area contributed by atoms with Crippen LogP contribution in [0.25, 0.3) is 11.0 Å². The first-order valence-corrected chi connectivity index (χ1v) is 9.34. The van der Waals surface area contributed by atoms with E-state index < -0.39 is 0 Å². The van der Waals surface area contributed by atoms with Gasteiger partial charge in [-0.2, -0.15) is 0 Å². The van der Waals surface area contributed by atoms with E-state index in [9.17, 15) is 4.79 Å². The van der Waals surface area contributed by atoms with Gasteiger partial charge in [0.1, 0.15) is 5.58 Å². The van der Waals surface area contributed by atoms with Gasteiger partial charge in [-0.05, 0) is 37.6 Å². The van der Waals surface area contributed by atoms with Gasteiger partial charge in [0.05, 0.1) is 24.6 Å². The van der Waals surface area contributed by atoms with Crippen LogP contribution in [0.1, 0.15) is 24.1 Å². The molecule has 0 bridgehead atoms. The summed E-state index contributed by atoms with van der Waals surface area (Å²) in [6.07, 6.45) is 0. The molecule has 2 heterocycles. The van der Waals surface area contributed by atoms with E-state index in [1.165, 1.54) is 0 Å². The summed E-state index contributed by atoms with van der Waals surface area (Å²) in [5, 5.41) is 4.13. The molecule has 1 N–H and O–H groups in total. The highest BCUT2D eigenvalue weighted by molar-refractivity contribution is 5.82. The lowest BCUT2D eigenvalue weighted by molar-refractivity contribution is 0.121. The molecule has 140 valence electrons. The van der Waals surface area contributed by atoms with E-state index in [4.69, 9.17) is 9.15 Å². The van der Waals surface area contributed by atoms with E-state index in [2.05, 4.69) is 23.2 Å². The maximum absolute atomic E-state index is 12.8. The molecule has 0 spiro atoms. The highest BCUT2D eigenvalue weighted by atomic mass is 16.5. The molecule has 0 aliphatic carbocycles. The third-order valence-corrected chi connectivity index (χ3v) is 4.93. The number of aryl methyl sites for hydroxylation is 1. The number of para-hydroxylation sites is 1. The summed E-state index contributed by atoms with van der Waals surface area (Å²) in [6, 6.07) is 15.7. The van der Waals surface area contributed by atoms with E-state index in [-0.39, 0.29) is 11.5 Å². The normalized spacial score (nSPS) is 15.7. The van der Waals surface area contributed by atoms with E-state index in [0.29, 0.717) is 30.1 Å².